The first-order chi connectivity index (χ1) is 9.22. The van der Waals surface area contributed by atoms with E-state index in [2.05, 4.69) is 4.57 Å². The molecule has 0 fully saturated rings. The van der Waals surface area contributed by atoms with Gasteiger partial charge in [0.05, 0.1) is 6.42 Å². The van der Waals surface area contributed by atoms with Gasteiger partial charge in [-0.25, -0.2) is 0 Å². The van der Waals surface area contributed by atoms with Crippen molar-refractivity contribution in [3.05, 3.63) is 36.0 Å². The summed E-state index contributed by atoms with van der Waals surface area (Å²) in [7, 11) is 1.70. The minimum atomic E-state index is -0.790. The van der Waals surface area contributed by atoms with E-state index in [4.69, 9.17) is 9.84 Å². The molecule has 1 aromatic heterocycles. The maximum Gasteiger partial charge on any atom is 0.307 e. The Morgan fingerprint density at radius 1 is 1.32 bits per heavy atom. The molecule has 2 aromatic rings. The van der Waals surface area contributed by atoms with E-state index in [1.165, 1.54) is 0 Å². The quantitative estimate of drug-likeness (QED) is 0.780. The average Bonchev–Trinajstić information content (AvgIpc) is 2.73. The predicted molar refractivity (Wildman–Crippen MR) is 74.4 cm³/mol. The van der Waals surface area contributed by atoms with Gasteiger partial charge in [-0.3, -0.25) is 4.79 Å². The third-order valence-corrected chi connectivity index (χ3v) is 3.21. The van der Waals surface area contributed by atoms with Gasteiger partial charge in [-0.15, -0.1) is 0 Å². The smallest absolute Gasteiger partial charge is 0.307 e. The molecule has 0 amide bonds. The molecule has 4 heteroatoms. The van der Waals surface area contributed by atoms with Crippen molar-refractivity contribution in [2.24, 2.45) is 0 Å². The molecule has 1 aromatic carbocycles. The predicted octanol–water partition coefficient (Wildman–Crippen LogP) is 2.70. The molecule has 2 rings (SSSR count). The zero-order valence-electron chi connectivity index (χ0n) is 11.1. The normalized spacial score (nSPS) is 11.0. The maximum atomic E-state index is 10.9. The van der Waals surface area contributed by atoms with E-state index in [0.29, 0.717) is 0 Å². The Bertz CT molecular complexity index is 560. The molecular weight excluding hydrogens is 242 g/mol. The van der Waals surface area contributed by atoms with Crippen LogP contribution in [-0.4, -0.2) is 29.4 Å². The second-order valence-corrected chi connectivity index (χ2v) is 4.64. The standard InChI is InChI=1S/C15H19NO3/c1-19-9-5-4-8-16-11-12(10-15(17)18)13-6-2-3-7-14(13)16/h2-3,6-7,11H,4-5,8-10H2,1H3,(H,17,18). The second-order valence-electron chi connectivity index (χ2n) is 4.64. The number of carboxylic acids is 1. The Morgan fingerprint density at radius 3 is 2.84 bits per heavy atom. The van der Waals surface area contributed by atoms with E-state index in [-0.39, 0.29) is 6.42 Å². The van der Waals surface area contributed by atoms with Crippen LogP contribution in [0, 0.1) is 0 Å². The lowest BCUT2D eigenvalue weighted by molar-refractivity contribution is -0.136. The molecule has 19 heavy (non-hydrogen) atoms. The zero-order valence-corrected chi connectivity index (χ0v) is 11.1. The minimum Gasteiger partial charge on any atom is -0.481 e. The Kier molecular flexibility index (Phi) is 4.58. The highest BCUT2D eigenvalue weighted by Crippen LogP contribution is 2.22. The molecule has 0 aliphatic rings. The minimum absolute atomic E-state index is 0.0750. The lowest BCUT2D eigenvalue weighted by atomic mass is 10.1. The summed E-state index contributed by atoms with van der Waals surface area (Å²) in [5.74, 6) is -0.790. The fourth-order valence-corrected chi connectivity index (χ4v) is 2.34. The topological polar surface area (TPSA) is 51.5 Å². The molecule has 0 saturated carbocycles. The third kappa shape index (κ3) is 3.35. The number of hydrogen-bond donors (Lipinski definition) is 1. The SMILES string of the molecule is COCCCCn1cc(CC(=O)O)c2ccccc21. The van der Waals surface area contributed by atoms with Crippen LogP contribution in [0.25, 0.3) is 10.9 Å². The molecule has 0 unspecified atom stereocenters. The fourth-order valence-electron chi connectivity index (χ4n) is 2.34. The molecule has 0 aliphatic heterocycles. The number of benzene rings is 1. The monoisotopic (exact) mass is 261 g/mol. The number of aryl methyl sites for hydroxylation is 1. The number of methoxy groups -OCH3 is 1. The van der Waals surface area contributed by atoms with Gasteiger partial charge < -0.3 is 14.4 Å². The molecule has 0 bridgehead atoms. The molecule has 0 aliphatic carbocycles. The summed E-state index contributed by atoms with van der Waals surface area (Å²) in [6.07, 6.45) is 4.08. The first-order valence-electron chi connectivity index (χ1n) is 6.50. The Hall–Kier alpha value is -1.81. The lowest BCUT2D eigenvalue weighted by Crippen LogP contribution is -2.00. The number of nitrogens with zero attached hydrogens (tertiary/aromatic N) is 1. The van der Waals surface area contributed by atoms with E-state index in [0.717, 1.165) is 42.5 Å². The van der Waals surface area contributed by atoms with Crippen LogP contribution in [0.4, 0.5) is 0 Å². The fraction of sp³-hybridized carbons (Fsp3) is 0.400. The molecule has 0 radical (unpaired) electrons. The van der Waals surface area contributed by atoms with Gasteiger partial charge in [0.1, 0.15) is 0 Å². The van der Waals surface area contributed by atoms with Gasteiger partial charge in [0, 0.05) is 37.4 Å². The van der Waals surface area contributed by atoms with Crippen molar-refractivity contribution >= 4 is 16.9 Å². The second kappa shape index (κ2) is 6.38. The summed E-state index contributed by atoms with van der Waals surface area (Å²) in [5, 5.41) is 9.99. The summed E-state index contributed by atoms with van der Waals surface area (Å²) in [6.45, 7) is 1.66. The van der Waals surface area contributed by atoms with E-state index in [1.807, 2.05) is 30.5 Å². The van der Waals surface area contributed by atoms with E-state index in [9.17, 15) is 4.79 Å². The number of hydrogen-bond acceptors (Lipinski definition) is 2. The molecule has 1 N–H and O–H groups in total. The van der Waals surface area contributed by atoms with Crippen molar-refractivity contribution < 1.29 is 14.6 Å². The third-order valence-electron chi connectivity index (χ3n) is 3.21. The number of aliphatic carboxylic acids is 1. The van der Waals surface area contributed by atoms with Gasteiger partial charge in [-0.2, -0.15) is 0 Å². The van der Waals surface area contributed by atoms with Crippen LogP contribution in [0.2, 0.25) is 0 Å². The number of rotatable bonds is 7. The van der Waals surface area contributed by atoms with Crippen molar-refractivity contribution in [2.45, 2.75) is 25.8 Å². The highest BCUT2D eigenvalue weighted by molar-refractivity contribution is 5.87. The first-order valence-corrected chi connectivity index (χ1v) is 6.50. The number of fused-ring (bicyclic) bond motifs is 1. The summed E-state index contributed by atoms with van der Waals surface area (Å²) in [6, 6.07) is 7.96. The highest BCUT2D eigenvalue weighted by atomic mass is 16.5. The van der Waals surface area contributed by atoms with Gasteiger partial charge in [0.25, 0.3) is 0 Å². The van der Waals surface area contributed by atoms with Gasteiger partial charge in [0.15, 0.2) is 0 Å². The molecular formula is C15H19NO3. The van der Waals surface area contributed by atoms with E-state index in [1.54, 1.807) is 7.11 Å². The summed E-state index contributed by atoms with van der Waals surface area (Å²) >= 11 is 0. The lowest BCUT2D eigenvalue weighted by Gasteiger charge is -2.04. The van der Waals surface area contributed by atoms with E-state index < -0.39 is 5.97 Å². The van der Waals surface area contributed by atoms with Crippen LogP contribution >= 0.6 is 0 Å². The van der Waals surface area contributed by atoms with Crippen LogP contribution in [-0.2, 0) is 22.5 Å². The number of aromatic nitrogens is 1. The van der Waals surface area contributed by atoms with Crippen molar-refractivity contribution in [1.29, 1.82) is 0 Å². The van der Waals surface area contributed by atoms with Gasteiger partial charge in [-0.05, 0) is 24.5 Å². The number of carboxylic acid groups (broad SMARTS) is 1. The van der Waals surface area contributed by atoms with Crippen LogP contribution in [0.15, 0.2) is 30.5 Å². The summed E-state index contributed by atoms with van der Waals surface area (Å²) < 4.78 is 7.18. The summed E-state index contributed by atoms with van der Waals surface area (Å²) in [4.78, 5) is 10.9. The van der Waals surface area contributed by atoms with Crippen LogP contribution < -0.4 is 0 Å². The largest absolute Gasteiger partial charge is 0.481 e. The molecule has 0 spiro atoms. The summed E-state index contributed by atoms with van der Waals surface area (Å²) in [5.41, 5.74) is 1.99. The Labute approximate surface area is 112 Å². The van der Waals surface area contributed by atoms with Gasteiger partial charge >= 0.3 is 5.97 Å². The number of carbonyl (C=O) groups is 1. The van der Waals surface area contributed by atoms with Crippen molar-refractivity contribution in [1.82, 2.24) is 4.57 Å². The Morgan fingerprint density at radius 2 is 2.11 bits per heavy atom. The van der Waals surface area contributed by atoms with E-state index >= 15 is 0 Å². The Balaban J connectivity index is 2.20. The molecule has 102 valence electrons. The zero-order chi connectivity index (χ0) is 13.7. The number of unbranched alkanes of at least 4 members (excludes halogenated alkanes) is 1. The highest BCUT2D eigenvalue weighted by Gasteiger charge is 2.10. The van der Waals surface area contributed by atoms with Crippen molar-refractivity contribution in [3.63, 3.8) is 0 Å². The maximum absolute atomic E-state index is 10.9. The van der Waals surface area contributed by atoms with Crippen LogP contribution in [0.5, 0.6) is 0 Å². The number of para-hydroxylation sites is 1. The number of ether oxygens (including phenoxy) is 1. The van der Waals surface area contributed by atoms with Gasteiger partial charge in [0.2, 0.25) is 0 Å². The molecule has 0 atom stereocenters. The van der Waals surface area contributed by atoms with Gasteiger partial charge in [-0.1, -0.05) is 18.2 Å². The van der Waals surface area contributed by atoms with Crippen molar-refractivity contribution in [2.75, 3.05) is 13.7 Å². The van der Waals surface area contributed by atoms with Crippen LogP contribution in [0.1, 0.15) is 18.4 Å². The molecule has 4 nitrogen and oxygen atoms in total. The average molecular weight is 261 g/mol. The first kappa shape index (κ1) is 13.6. The van der Waals surface area contributed by atoms with Crippen molar-refractivity contribution in [3.8, 4) is 0 Å². The molecule has 0 saturated heterocycles. The molecule has 1 heterocycles. The van der Waals surface area contributed by atoms with Crippen LogP contribution in [0.3, 0.4) is 0 Å².